The molecule has 2 aliphatic rings. The first-order valence-corrected chi connectivity index (χ1v) is 14.4. The summed E-state index contributed by atoms with van der Waals surface area (Å²) >= 11 is 1.05. The number of nitrogens with two attached hydrogens (primary N) is 1. The van der Waals surface area contributed by atoms with Crippen LogP contribution < -0.4 is 5.73 Å². The zero-order valence-electron chi connectivity index (χ0n) is 21.7. The number of esters is 1. The van der Waals surface area contributed by atoms with Gasteiger partial charge in [-0.15, -0.1) is 0 Å². The predicted octanol–water partition coefficient (Wildman–Crippen LogP) is 2.84. The molecule has 13 nitrogen and oxygen atoms in total. The summed E-state index contributed by atoms with van der Waals surface area (Å²) in [5.74, 6) is -0.752. The van der Waals surface area contributed by atoms with E-state index in [1.54, 1.807) is 46.8 Å². The molecule has 4 rings (SSSR count). The van der Waals surface area contributed by atoms with E-state index in [1.165, 1.54) is 10.8 Å². The molecular formula is C23H30N5O8PS. The monoisotopic (exact) mass is 567 g/mol. The molecule has 0 aliphatic carbocycles. The van der Waals surface area contributed by atoms with Gasteiger partial charge < -0.3 is 15.2 Å². The molecule has 5 atom stereocenters. The van der Waals surface area contributed by atoms with Crippen LogP contribution in [0.1, 0.15) is 40.3 Å². The second-order valence-corrected chi connectivity index (χ2v) is 12.9. The number of nitrogen functional groups attached to an aromatic ring is 1. The van der Waals surface area contributed by atoms with E-state index in [-0.39, 0.29) is 35.6 Å². The van der Waals surface area contributed by atoms with Gasteiger partial charge in [-0.25, -0.2) is 14.1 Å². The standard InChI is InChI=1S/C23H30N5O8PS/c1-13(2)20(29)34-18-17-15(10-33-37(31,36-17)32-8-9-38-21(30)22(3,4)5)35-23(18,11-24)16-7-6-14-19(25)26-12-27-28(14)16/h6-7,12-13,15,17-18H,8-10H2,1-5H3,(H2,25,26,27)/t15-,17-,18-,23+,37?/m1/s1. The zero-order chi connectivity index (χ0) is 27.9. The number of carbonyl (C=O) groups is 2. The summed E-state index contributed by atoms with van der Waals surface area (Å²) in [6.07, 6.45) is -2.21. The average molecular weight is 568 g/mol. The SMILES string of the molecule is CC(C)C(=O)O[C@@H]1[C@@H]2OP(=O)(OCCSC(=O)C(C)(C)C)OC[C@H]2O[C@@]1(C#N)c1ccc2c(N)ncnn12. The van der Waals surface area contributed by atoms with Crippen molar-refractivity contribution in [2.45, 2.75) is 58.5 Å². The van der Waals surface area contributed by atoms with Crippen LogP contribution in [0.25, 0.3) is 5.52 Å². The van der Waals surface area contributed by atoms with Crippen molar-refractivity contribution < 1.29 is 37.2 Å². The molecule has 2 aromatic heterocycles. The number of ether oxygens (including phenoxy) is 2. The number of hydrogen-bond donors (Lipinski definition) is 1. The molecule has 0 aromatic carbocycles. The molecule has 0 bridgehead atoms. The fourth-order valence-corrected chi connectivity index (χ4v) is 6.26. The number of rotatable bonds is 7. The van der Waals surface area contributed by atoms with Crippen LogP contribution in [0.5, 0.6) is 0 Å². The van der Waals surface area contributed by atoms with E-state index in [4.69, 9.17) is 28.8 Å². The summed E-state index contributed by atoms with van der Waals surface area (Å²) in [5, 5.41) is 14.6. The van der Waals surface area contributed by atoms with Crippen LogP contribution in [0.3, 0.4) is 0 Å². The lowest BCUT2D eigenvalue weighted by atomic mass is 9.92. The van der Waals surface area contributed by atoms with Gasteiger partial charge in [-0.2, -0.15) is 10.4 Å². The van der Waals surface area contributed by atoms with E-state index >= 15 is 0 Å². The lowest BCUT2D eigenvalue weighted by Gasteiger charge is -2.32. The fourth-order valence-electron chi connectivity index (χ4n) is 3.96. The van der Waals surface area contributed by atoms with E-state index in [2.05, 4.69) is 16.2 Å². The molecule has 2 N–H and O–H groups in total. The van der Waals surface area contributed by atoms with E-state index in [0.717, 1.165) is 11.8 Å². The summed E-state index contributed by atoms with van der Waals surface area (Å²) in [6.45, 7) is 8.32. The number of phosphoric ester groups is 1. The topological polar surface area (TPSA) is 177 Å². The Bertz CT molecular complexity index is 1320. The fraction of sp³-hybridized carbons (Fsp3) is 0.609. The molecule has 206 valence electrons. The first-order valence-electron chi connectivity index (χ1n) is 11.9. The summed E-state index contributed by atoms with van der Waals surface area (Å²) in [5.41, 5.74) is 4.16. The second kappa shape index (κ2) is 10.6. The summed E-state index contributed by atoms with van der Waals surface area (Å²) < 4.78 is 43.2. The van der Waals surface area contributed by atoms with Gasteiger partial charge in [-0.05, 0) is 12.1 Å². The molecule has 15 heteroatoms. The number of nitrogens with zero attached hydrogens (tertiary/aromatic N) is 4. The first kappa shape index (κ1) is 28.5. The third-order valence-electron chi connectivity index (χ3n) is 5.97. The Labute approximate surface area is 223 Å². The average Bonchev–Trinajstić information content (AvgIpc) is 3.42. The predicted molar refractivity (Wildman–Crippen MR) is 136 cm³/mol. The number of hydrogen-bond acceptors (Lipinski definition) is 13. The largest absolute Gasteiger partial charge is 0.475 e. The van der Waals surface area contributed by atoms with Crippen LogP contribution in [-0.2, 0) is 42.8 Å². The Kier molecular flexibility index (Phi) is 7.91. The van der Waals surface area contributed by atoms with E-state index in [9.17, 15) is 19.4 Å². The van der Waals surface area contributed by atoms with E-state index < -0.39 is 49.0 Å². The summed E-state index contributed by atoms with van der Waals surface area (Å²) in [7, 11) is -4.15. The molecule has 4 heterocycles. The van der Waals surface area contributed by atoms with Crippen molar-refractivity contribution in [1.29, 1.82) is 5.26 Å². The number of aromatic nitrogens is 3. The van der Waals surface area contributed by atoms with Crippen molar-refractivity contribution in [3.05, 3.63) is 24.2 Å². The molecule has 2 saturated heterocycles. The minimum atomic E-state index is -4.15. The first-order chi connectivity index (χ1) is 17.8. The van der Waals surface area contributed by atoms with Gasteiger partial charge in [0.2, 0.25) is 5.60 Å². The van der Waals surface area contributed by atoms with Gasteiger partial charge in [0.15, 0.2) is 17.0 Å². The van der Waals surface area contributed by atoms with E-state index in [0.29, 0.717) is 5.52 Å². The normalized spacial score (nSPS) is 29.2. The van der Waals surface area contributed by atoms with E-state index in [1.807, 2.05) is 0 Å². The third kappa shape index (κ3) is 5.32. The maximum Gasteiger partial charge on any atom is 0.475 e. The van der Waals surface area contributed by atoms with Crippen molar-refractivity contribution in [2.24, 2.45) is 11.3 Å². The van der Waals surface area contributed by atoms with Gasteiger partial charge in [-0.3, -0.25) is 23.2 Å². The molecule has 0 saturated carbocycles. The highest BCUT2D eigenvalue weighted by Gasteiger charge is 2.65. The molecule has 2 aliphatic heterocycles. The Hall–Kier alpha value is -2.53. The minimum absolute atomic E-state index is 0.0440. The smallest absolute Gasteiger partial charge is 0.455 e. The van der Waals surface area contributed by atoms with Gasteiger partial charge >= 0.3 is 13.8 Å². The number of nitriles is 1. The molecule has 0 amide bonds. The maximum atomic E-state index is 13.3. The molecule has 2 aromatic rings. The summed E-state index contributed by atoms with van der Waals surface area (Å²) in [4.78, 5) is 28.8. The lowest BCUT2D eigenvalue weighted by Crippen LogP contribution is -2.46. The highest BCUT2D eigenvalue weighted by atomic mass is 32.2. The number of carbonyl (C=O) groups excluding carboxylic acids is 2. The highest BCUT2D eigenvalue weighted by Crippen LogP contribution is 2.58. The number of anilines is 1. The van der Waals surface area contributed by atoms with Gasteiger partial charge in [0.05, 0.1) is 24.8 Å². The third-order valence-corrected chi connectivity index (χ3v) is 8.68. The van der Waals surface area contributed by atoms with Crippen LogP contribution in [0.4, 0.5) is 5.82 Å². The second-order valence-electron chi connectivity index (χ2n) is 10.2. The van der Waals surface area contributed by atoms with Crippen LogP contribution >= 0.6 is 19.6 Å². The molecular weight excluding hydrogens is 537 g/mol. The number of fused-ring (bicyclic) bond motifs is 2. The van der Waals surface area contributed by atoms with Gasteiger partial charge in [0.25, 0.3) is 0 Å². The lowest BCUT2D eigenvalue weighted by molar-refractivity contribution is -0.163. The van der Waals surface area contributed by atoms with Crippen molar-refractivity contribution in [3.8, 4) is 6.07 Å². The molecule has 2 fully saturated rings. The number of thioether (sulfide) groups is 1. The Morgan fingerprint density at radius 3 is 2.79 bits per heavy atom. The molecule has 38 heavy (non-hydrogen) atoms. The zero-order valence-corrected chi connectivity index (χ0v) is 23.4. The van der Waals surface area contributed by atoms with Gasteiger partial charge in [0.1, 0.15) is 30.1 Å². The van der Waals surface area contributed by atoms with Gasteiger partial charge in [-0.1, -0.05) is 46.4 Å². The maximum absolute atomic E-state index is 13.3. The van der Waals surface area contributed by atoms with Crippen LogP contribution in [-0.4, -0.2) is 63.0 Å². The van der Waals surface area contributed by atoms with Gasteiger partial charge in [0, 0.05) is 11.2 Å². The van der Waals surface area contributed by atoms with Crippen LogP contribution in [0.2, 0.25) is 0 Å². The molecule has 0 spiro atoms. The molecule has 0 radical (unpaired) electrons. The Balaban J connectivity index is 1.62. The quantitative estimate of drug-likeness (QED) is 0.294. The Morgan fingerprint density at radius 2 is 2.13 bits per heavy atom. The van der Waals surface area contributed by atoms with Crippen molar-refractivity contribution >= 4 is 42.0 Å². The molecule has 1 unspecified atom stereocenters. The van der Waals surface area contributed by atoms with Crippen molar-refractivity contribution in [3.63, 3.8) is 0 Å². The number of phosphoric acid groups is 1. The highest BCUT2D eigenvalue weighted by molar-refractivity contribution is 8.13. The van der Waals surface area contributed by atoms with Crippen LogP contribution in [0, 0.1) is 22.7 Å². The Morgan fingerprint density at radius 1 is 1.39 bits per heavy atom. The van der Waals surface area contributed by atoms with Crippen molar-refractivity contribution in [1.82, 2.24) is 14.6 Å². The van der Waals surface area contributed by atoms with Crippen LogP contribution in [0.15, 0.2) is 18.5 Å². The summed E-state index contributed by atoms with van der Waals surface area (Å²) in [6, 6.07) is 5.30. The van der Waals surface area contributed by atoms with Crippen molar-refractivity contribution in [2.75, 3.05) is 24.7 Å². The minimum Gasteiger partial charge on any atom is -0.455 e.